The van der Waals surface area contributed by atoms with Crippen molar-refractivity contribution in [1.29, 1.82) is 0 Å². The summed E-state index contributed by atoms with van der Waals surface area (Å²) in [5.74, 6) is 5.84. The van der Waals surface area contributed by atoms with E-state index in [2.05, 4.69) is 32.2 Å². The van der Waals surface area contributed by atoms with Gasteiger partial charge in [-0.1, -0.05) is 18.1 Å². The second-order valence-electron chi connectivity index (χ2n) is 6.30. The number of carbonyl (C=O) groups excluding carboxylic acids is 1. The average Bonchev–Trinajstić information content (AvgIpc) is 3.01. The minimum Gasteiger partial charge on any atom is -0.322 e. The van der Waals surface area contributed by atoms with E-state index in [0.717, 1.165) is 22.3 Å². The number of rotatable bonds is 2. The smallest absolute Gasteiger partial charge is 0.257 e. The molecule has 1 N–H and O–H groups in total. The molecule has 136 valence electrons. The van der Waals surface area contributed by atoms with Gasteiger partial charge in [0.2, 0.25) is 0 Å². The van der Waals surface area contributed by atoms with Crippen molar-refractivity contribution in [3.8, 4) is 11.8 Å². The summed E-state index contributed by atoms with van der Waals surface area (Å²) in [4.78, 5) is 21.2. The fourth-order valence-corrected chi connectivity index (χ4v) is 2.88. The standard InChI is InChI=1S/C22H17N5O/c1-15-20-13-17(14-24-21(20)27(2)26-15)22(28)25-19-8-5-6-16(12-19)9-10-18-7-3-4-11-23-18/h3-8,11-14H,1-2H3,(H,25,28). The lowest BCUT2D eigenvalue weighted by atomic mass is 10.1. The summed E-state index contributed by atoms with van der Waals surface area (Å²) in [6.45, 7) is 1.90. The summed E-state index contributed by atoms with van der Waals surface area (Å²) >= 11 is 0. The molecule has 0 radical (unpaired) electrons. The Morgan fingerprint density at radius 1 is 1.07 bits per heavy atom. The maximum atomic E-state index is 12.6. The molecule has 28 heavy (non-hydrogen) atoms. The molecular weight excluding hydrogens is 350 g/mol. The van der Waals surface area contributed by atoms with Crippen LogP contribution in [0.2, 0.25) is 0 Å². The predicted octanol–water partition coefficient (Wildman–Crippen LogP) is 3.32. The Morgan fingerprint density at radius 2 is 1.96 bits per heavy atom. The van der Waals surface area contributed by atoms with E-state index in [0.29, 0.717) is 16.9 Å². The zero-order chi connectivity index (χ0) is 19.5. The second kappa shape index (κ2) is 7.33. The number of hydrogen-bond donors (Lipinski definition) is 1. The topological polar surface area (TPSA) is 72.7 Å². The van der Waals surface area contributed by atoms with Gasteiger partial charge in [0.25, 0.3) is 5.91 Å². The first-order valence-corrected chi connectivity index (χ1v) is 8.74. The lowest BCUT2D eigenvalue weighted by Crippen LogP contribution is -2.12. The Hall–Kier alpha value is -3.98. The number of benzene rings is 1. The maximum absolute atomic E-state index is 12.6. The highest BCUT2D eigenvalue weighted by molar-refractivity contribution is 6.05. The third kappa shape index (κ3) is 3.60. The first-order valence-electron chi connectivity index (χ1n) is 8.74. The fourth-order valence-electron chi connectivity index (χ4n) is 2.88. The minimum atomic E-state index is -0.229. The number of aromatic nitrogens is 4. The van der Waals surface area contributed by atoms with E-state index in [4.69, 9.17) is 0 Å². The van der Waals surface area contributed by atoms with Crippen molar-refractivity contribution in [2.45, 2.75) is 6.92 Å². The molecule has 3 heterocycles. The van der Waals surface area contributed by atoms with Crippen LogP contribution in [-0.4, -0.2) is 25.7 Å². The monoisotopic (exact) mass is 367 g/mol. The Morgan fingerprint density at radius 3 is 2.79 bits per heavy atom. The highest BCUT2D eigenvalue weighted by atomic mass is 16.1. The van der Waals surface area contributed by atoms with E-state index in [9.17, 15) is 4.79 Å². The third-order valence-corrected chi connectivity index (χ3v) is 4.25. The maximum Gasteiger partial charge on any atom is 0.257 e. The number of pyridine rings is 2. The van der Waals surface area contributed by atoms with Gasteiger partial charge in [0, 0.05) is 36.1 Å². The number of hydrogen-bond acceptors (Lipinski definition) is 4. The van der Waals surface area contributed by atoms with Crippen molar-refractivity contribution in [3.05, 3.63) is 83.4 Å². The van der Waals surface area contributed by atoms with Crippen molar-refractivity contribution < 1.29 is 4.79 Å². The molecule has 0 saturated carbocycles. The lowest BCUT2D eigenvalue weighted by molar-refractivity contribution is 0.102. The normalized spacial score (nSPS) is 10.4. The zero-order valence-electron chi connectivity index (χ0n) is 15.5. The van der Waals surface area contributed by atoms with Crippen molar-refractivity contribution >= 4 is 22.6 Å². The third-order valence-electron chi connectivity index (χ3n) is 4.25. The first kappa shape index (κ1) is 17.4. The van der Waals surface area contributed by atoms with Crippen LogP contribution >= 0.6 is 0 Å². The molecule has 0 unspecified atom stereocenters. The minimum absolute atomic E-state index is 0.229. The molecule has 1 amide bonds. The number of fused-ring (bicyclic) bond motifs is 1. The second-order valence-corrected chi connectivity index (χ2v) is 6.30. The van der Waals surface area contributed by atoms with E-state index in [1.54, 1.807) is 17.1 Å². The zero-order valence-corrected chi connectivity index (χ0v) is 15.5. The van der Waals surface area contributed by atoms with Crippen LogP contribution in [0.25, 0.3) is 11.0 Å². The number of nitrogens with zero attached hydrogens (tertiary/aromatic N) is 4. The highest BCUT2D eigenvalue weighted by Crippen LogP contribution is 2.18. The van der Waals surface area contributed by atoms with E-state index in [1.165, 1.54) is 0 Å². The Labute approximate surface area is 162 Å². The van der Waals surface area contributed by atoms with Gasteiger partial charge in [-0.3, -0.25) is 9.48 Å². The summed E-state index contributed by atoms with van der Waals surface area (Å²) in [5.41, 5.74) is 4.23. The number of anilines is 1. The predicted molar refractivity (Wildman–Crippen MR) is 108 cm³/mol. The van der Waals surface area contributed by atoms with Crippen LogP contribution in [0, 0.1) is 18.8 Å². The van der Waals surface area contributed by atoms with Gasteiger partial charge in [-0.2, -0.15) is 5.10 Å². The SMILES string of the molecule is Cc1nn(C)c2ncc(C(=O)Nc3cccc(C#Cc4ccccn4)c3)cc12. The molecule has 0 spiro atoms. The largest absolute Gasteiger partial charge is 0.322 e. The van der Waals surface area contributed by atoms with Crippen molar-refractivity contribution in [2.75, 3.05) is 5.32 Å². The highest BCUT2D eigenvalue weighted by Gasteiger charge is 2.12. The number of aryl methyl sites for hydroxylation is 2. The molecule has 4 rings (SSSR count). The molecule has 0 aliphatic rings. The van der Waals surface area contributed by atoms with Gasteiger partial charge in [-0.05, 0) is 49.2 Å². The number of amides is 1. The summed E-state index contributed by atoms with van der Waals surface area (Å²) < 4.78 is 1.70. The lowest BCUT2D eigenvalue weighted by Gasteiger charge is -2.06. The van der Waals surface area contributed by atoms with Crippen LogP contribution in [0.15, 0.2) is 60.9 Å². The molecule has 4 aromatic rings. The Kier molecular flexibility index (Phi) is 4.56. The molecule has 0 aliphatic carbocycles. The van der Waals surface area contributed by atoms with E-state index < -0.39 is 0 Å². The quantitative estimate of drug-likeness (QED) is 0.552. The van der Waals surface area contributed by atoms with Gasteiger partial charge in [0.05, 0.1) is 11.3 Å². The van der Waals surface area contributed by atoms with E-state index in [-0.39, 0.29) is 5.91 Å². The molecule has 0 aliphatic heterocycles. The fraction of sp³-hybridized carbons (Fsp3) is 0.0909. The van der Waals surface area contributed by atoms with Crippen molar-refractivity contribution in [1.82, 2.24) is 19.7 Å². The van der Waals surface area contributed by atoms with Crippen LogP contribution in [0.5, 0.6) is 0 Å². The van der Waals surface area contributed by atoms with Gasteiger partial charge in [-0.15, -0.1) is 0 Å². The summed E-state index contributed by atoms with van der Waals surface area (Å²) in [5, 5.41) is 8.10. The van der Waals surface area contributed by atoms with Crippen LogP contribution in [0.4, 0.5) is 5.69 Å². The van der Waals surface area contributed by atoms with E-state index in [1.807, 2.05) is 62.5 Å². The molecule has 0 atom stereocenters. The summed E-state index contributed by atoms with van der Waals surface area (Å²) in [7, 11) is 1.83. The first-order chi connectivity index (χ1) is 13.6. The summed E-state index contributed by atoms with van der Waals surface area (Å²) in [6.07, 6.45) is 3.26. The molecule has 0 bridgehead atoms. The van der Waals surface area contributed by atoms with Crippen molar-refractivity contribution in [2.24, 2.45) is 7.05 Å². The van der Waals surface area contributed by atoms with Gasteiger partial charge in [-0.25, -0.2) is 9.97 Å². The molecular formula is C22H17N5O. The summed E-state index contributed by atoms with van der Waals surface area (Å²) in [6, 6.07) is 14.8. The van der Waals surface area contributed by atoms with Crippen molar-refractivity contribution in [3.63, 3.8) is 0 Å². The van der Waals surface area contributed by atoms with Gasteiger partial charge in [0.15, 0.2) is 5.65 Å². The van der Waals surface area contributed by atoms with Gasteiger partial charge < -0.3 is 5.32 Å². The van der Waals surface area contributed by atoms with Crippen LogP contribution in [-0.2, 0) is 7.05 Å². The molecule has 1 aromatic carbocycles. The molecule has 3 aromatic heterocycles. The van der Waals surface area contributed by atoms with E-state index >= 15 is 0 Å². The van der Waals surface area contributed by atoms with Gasteiger partial charge in [0.1, 0.15) is 5.69 Å². The van der Waals surface area contributed by atoms with Crippen LogP contribution in [0.1, 0.15) is 27.3 Å². The Bertz CT molecular complexity index is 1230. The average molecular weight is 367 g/mol. The van der Waals surface area contributed by atoms with Crippen LogP contribution < -0.4 is 5.32 Å². The Balaban J connectivity index is 1.55. The molecule has 0 fully saturated rings. The number of carbonyl (C=O) groups is 1. The number of nitrogens with one attached hydrogen (secondary N) is 1. The van der Waals surface area contributed by atoms with Gasteiger partial charge >= 0.3 is 0 Å². The molecule has 0 saturated heterocycles. The van der Waals surface area contributed by atoms with Crippen LogP contribution in [0.3, 0.4) is 0 Å². The molecule has 6 nitrogen and oxygen atoms in total. The molecule has 6 heteroatoms.